The van der Waals surface area contributed by atoms with Gasteiger partial charge in [-0.25, -0.2) is 0 Å². The molecule has 1 aromatic heterocycles. The van der Waals surface area contributed by atoms with Crippen LogP contribution in [0, 0.1) is 0 Å². The van der Waals surface area contributed by atoms with Gasteiger partial charge in [0.15, 0.2) is 0 Å². The van der Waals surface area contributed by atoms with Gasteiger partial charge < -0.3 is 10.1 Å². The lowest BCUT2D eigenvalue weighted by Gasteiger charge is -2.16. The molecule has 3 nitrogen and oxygen atoms in total. The van der Waals surface area contributed by atoms with Crippen LogP contribution in [0.2, 0.25) is 0 Å². The average molecular weight is 307 g/mol. The number of benzene rings is 1. The van der Waals surface area contributed by atoms with Crippen molar-refractivity contribution in [2.24, 2.45) is 0 Å². The zero-order chi connectivity index (χ0) is 13.0. The summed E-state index contributed by atoms with van der Waals surface area (Å²) in [6.07, 6.45) is 3.43. The molecule has 0 bridgehead atoms. The summed E-state index contributed by atoms with van der Waals surface area (Å²) < 4.78 is 6.78. The minimum absolute atomic E-state index is 0.237. The fourth-order valence-electron chi connectivity index (χ4n) is 1.66. The van der Waals surface area contributed by atoms with E-state index in [2.05, 4.69) is 39.2 Å². The first kappa shape index (κ1) is 13.1. The first-order valence-electron chi connectivity index (χ1n) is 5.75. The Labute approximate surface area is 115 Å². The molecule has 0 amide bonds. The van der Waals surface area contributed by atoms with Gasteiger partial charge in [0.05, 0.1) is 6.20 Å². The molecular formula is C14H15BrN2O. The largest absolute Gasteiger partial charge is 0.455 e. The minimum atomic E-state index is 0.237. The Kier molecular flexibility index (Phi) is 4.33. The molecular weight excluding hydrogens is 292 g/mol. The number of para-hydroxylation sites is 1. The lowest BCUT2D eigenvalue weighted by Crippen LogP contribution is -2.13. The van der Waals surface area contributed by atoms with Crippen LogP contribution in [0.25, 0.3) is 0 Å². The number of pyridine rings is 1. The maximum absolute atomic E-state index is 5.88. The Bertz CT molecular complexity index is 531. The van der Waals surface area contributed by atoms with Gasteiger partial charge in [-0.15, -0.1) is 0 Å². The highest BCUT2D eigenvalue weighted by molar-refractivity contribution is 9.10. The van der Waals surface area contributed by atoms with Gasteiger partial charge in [0.1, 0.15) is 11.5 Å². The molecule has 1 aromatic carbocycles. The van der Waals surface area contributed by atoms with Gasteiger partial charge in [-0.05, 0) is 42.0 Å². The van der Waals surface area contributed by atoms with Crippen molar-refractivity contribution in [3.8, 4) is 11.5 Å². The molecule has 0 radical (unpaired) electrons. The van der Waals surface area contributed by atoms with Crippen molar-refractivity contribution in [3.63, 3.8) is 0 Å². The van der Waals surface area contributed by atoms with E-state index in [-0.39, 0.29) is 6.04 Å². The summed E-state index contributed by atoms with van der Waals surface area (Å²) >= 11 is 3.38. The molecule has 2 rings (SSSR count). The van der Waals surface area contributed by atoms with E-state index in [1.54, 1.807) is 12.4 Å². The molecule has 94 valence electrons. The second-order valence-corrected chi connectivity index (χ2v) is 4.90. The maximum Gasteiger partial charge on any atom is 0.146 e. The molecule has 1 atom stereocenters. The van der Waals surface area contributed by atoms with Gasteiger partial charge in [0, 0.05) is 22.3 Å². The lowest BCUT2D eigenvalue weighted by atomic mass is 10.1. The van der Waals surface area contributed by atoms with Gasteiger partial charge >= 0.3 is 0 Å². The molecule has 1 unspecified atom stereocenters. The number of hydrogen-bond donors (Lipinski definition) is 1. The zero-order valence-electron chi connectivity index (χ0n) is 10.4. The summed E-state index contributed by atoms with van der Waals surface area (Å²) in [6, 6.07) is 10.1. The summed E-state index contributed by atoms with van der Waals surface area (Å²) in [5, 5.41) is 3.21. The first-order chi connectivity index (χ1) is 8.70. The molecule has 1 N–H and O–H groups in total. The number of ether oxygens (including phenoxy) is 1. The lowest BCUT2D eigenvalue weighted by molar-refractivity contribution is 0.464. The van der Waals surface area contributed by atoms with Crippen LogP contribution in [0.3, 0.4) is 0 Å². The van der Waals surface area contributed by atoms with Gasteiger partial charge in [0.2, 0.25) is 0 Å². The fourth-order valence-corrected chi connectivity index (χ4v) is 2.01. The Morgan fingerprint density at radius 3 is 2.78 bits per heavy atom. The number of nitrogens with one attached hydrogen (secondary N) is 1. The van der Waals surface area contributed by atoms with Crippen LogP contribution in [0.1, 0.15) is 18.5 Å². The van der Waals surface area contributed by atoms with Crippen molar-refractivity contribution >= 4 is 15.9 Å². The third kappa shape index (κ3) is 3.09. The van der Waals surface area contributed by atoms with E-state index in [4.69, 9.17) is 4.74 Å². The molecule has 0 aliphatic rings. The zero-order valence-corrected chi connectivity index (χ0v) is 11.9. The van der Waals surface area contributed by atoms with Crippen molar-refractivity contribution in [1.82, 2.24) is 10.3 Å². The summed E-state index contributed by atoms with van der Waals surface area (Å²) in [5.41, 5.74) is 1.12. The Balaban J connectivity index is 2.29. The molecule has 0 aliphatic heterocycles. The van der Waals surface area contributed by atoms with E-state index >= 15 is 0 Å². The molecule has 2 aromatic rings. The Morgan fingerprint density at radius 2 is 2.06 bits per heavy atom. The molecule has 0 saturated carbocycles. The fraction of sp³-hybridized carbons (Fsp3) is 0.214. The molecule has 18 heavy (non-hydrogen) atoms. The topological polar surface area (TPSA) is 34.1 Å². The van der Waals surface area contributed by atoms with Crippen molar-refractivity contribution in [2.45, 2.75) is 13.0 Å². The molecule has 0 fully saturated rings. The molecule has 1 heterocycles. The summed E-state index contributed by atoms with van der Waals surface area (Å²) in [7, 11) is 1.93. The van der Waals surface area contributed by atoms with Crippen LogP contribution in [0.5, 0.6) is 11.5 Å². The monoisotopic (exact) mass is 306 g/mol. The summed E-state index contributed by atoms with van der Waals surface area (Å²) in [5.74, 6) is 1.57. The highest BCUT2D eigenvalue weighted by Crippen LogP contribution is 2.29. The normalized spacial score (nSPS) is 12.2. The number of aromatic nitrogens is 1. The Hall–Kier alpha value is -1.39. The van der Waals surface area contributed by atoms with Crippen LogP contribution >= 0.6 is 15.9 Å². The average Bonchev–Trinajstić information content (AvgIpc) is 2.38. The summed E-state index contributed by atoms with van der Waals surface area (Å²) in [6.45, 7) is 2.10. The standard InChI is InChI=1S/C14H15BrN2O/c1-10(16-2)13-5-3-4-6-14(13)18-12-7-11(15)8-17-9-12/h3-10,16H,1-2H3. The van der Waals surface area contributed by atoms with Crippen LogP contribution in [0.15, 0.2) is 47.2 Å². The van der Waals surface area contributed by atoms with E-state index in [0.717, 1.165) is 21.5 Å². The van der Waals surface area contributed by atoms with Crippen LogP contribution < -0.4 is 10.1 Å². The molecule has 0 aliphatic carbocycles. The smallest absolute Gasteiger partial charge is 0.146 e. The molecule has 4 heteroatoms. The van der Waals surface area contributed by atoms with Gasteiger partial charge in [0.25, 0.3) is 0 Å². The second-order valence-electron chi connectivity index (χ2n) is 3.99. The number of rotatable bonds is 4. The Morgan fingerprint density at radius 1 is 1.28 bits per heavy atom. The predicted octanol–water partition coefficient (Wildman–Crippen LogP) is 3.92. The number of hydrogen-bond acceptors (Lipinski definition) is 3. The first-order valence-corrected chi connectivity index (χ1v) is 6.54. The van der Waals surface area contributed by atoms with Gasteiger partial charge in [-0.1, -0.05) is 18.2 Å². The van der Waals surface area contributed by atoms with Crippen LogP contribution in [0.4, 0.5) is 0 Å². The van der Waals surface area contributed by atoms with Crippen molar-refractivity contribution in [1.29, 1.82) is 0 Å². The van der Waals surface area contributed by atoms with Crippen molar-refractivity contribution in [3.05, 3.63) is 52.8 Å². The minimum Gasteiger partial charge on any atom is -0.455 e. The van der Waals surface area contributed by atoms with E-state index in [1.165, 1.54) is 0 Å². The van der Waals surface area contributed by atoms with E-state index < -0.39 is 0 Å². The van der Waals surface area contributed by atoms with Gasteiger partial charge in [-0.2, -0.15) is 0 Å². The highest BCUT2D eigenvalue weighted by atomic mass is 79.9. The van der Waals surface area contributed by atoms with E-state index in [9.17, 15) is 0 Å². The highest BCUT2D eigenvalue weighted by Gasteiger charge is 2.10. The SMILES string of the molecule is CNC(C)c1ccccc1Oc1cncc(Br)c1. The number of nitrogens with zero attached hydrogens (tertiary/aromatic N) is 1. The summed E-state index contributed by atoms with van der Waals surface area (Å²) in [4.78, 5) is 4.09. The van der Waals surface area contributed by atoms with Gasteiger partial charge in [-0.3, -0.25) is 4.98 Å². The predicted molar refractivity (Wildman–Crippen MR) is 75.9 cm³/mol. The van der Waals surface area contributed by atoms with E-state index in [0.29, 0.717) is 0 Å². The quantitative estimate of drug-likeness (QED) is 0.929. The van der Waals surface area contributed by atoms with Crippen LogP contribution in [-0.4, -0.2) is 12.0 Å². The van der Waals surface area contributed by atoms with Crippen molar-refractivity contribution < 1.29 is 4.74 Å². The number of halogens is 1. The third-order valence-corrected chi connectivity index (χ3v) is 3.16. The third-order valence-electron chi connectivity index (χ3n) is 2.73. The van der Waals surface area contributed by atoms with Crippen LogP contribution in [-0.2, 0) is 0 Å². The molecule has 0 spiro atoms. The van der Waals surface area contributed by atoms with E-state index in [1.807, 2.05) is 31.3 Å². The molecule has 0 saturated heterocycles. The maximum atomic E-state index is 5.88. The second kappa shape index (κ2) is 5.98. The van der Waals surface area contributed by atoms with Crippen molar-refractivity contribution in [2.75, 3.05) is 7.05 Å².